The minimum absolute atomic E-state index is 0.111. The number of carbonyl (C=O) groups is 1. The molecule has 0 spiro atoms. The normalized spacial score (nSPS) is 13.9. The Balaban J connectivity index is 1.55. The summed E-state index contributed by atoms with van der Waals surface area (Å²) in [7, 11) is 1.64. The van der Waals surface area contributed by atoms with Gasteiger partial charge < -0.3 is 14.2 Å². The molecule has 4 nitrogen and oxygen atoms in total. The smallest absolute Gasteiger partial charge is 0.232 e. The van der Waals surface area contributed by atoms with Crippen molar-refractivity contribution < 1.29 is 19.0 Å². The quantitative estimate of drug-likeness (QED) is 0.449. The Kier molecular flexibility index (Phi) is 5.41. The zero-order valence-electron chi connectivity index (χ0n) is 16.1. The van der Waals surface area contributed by atoms with Crippen LogP contribution in [0.15, 0.2) is 70.9 Å². The fourth-order valence-electron chi connectivity index (χ4n) is 3.20. The SMILES string of the molecule is COc1cccc(COc2cc(C)c3c(c2)O/C(=C\c2ccc(Br)cc2)C3=O)c1. The van der Waals surface area contributed by atoms with Gasteiger partial charge in [0, 0.05) is 10.5 Å². The van der Waals surface area contributed by atoms with Crippen LogP contribution < -0.4 is 14.2 Å². The predicted molar refractivity (Wildman–Crippen MR) is 116 cm³/mol. The highest BCUT2D eigenvalue weighted by molar-refractivity contribution is 9.10. The Bertz CT molecular complexity index is 1100. The van der Waals surface area contributed by atoms with Gasteiger partial charge in [0.1, 0.15) is 23.9 Å². The molecule has 0 aromatic heterocycles. The van der Waals surface area contributed by atoms with Crippen molar-refractivity contribution >= 4 is 27.8 Å². The molecule has 1 aliphatic rings. The number of allylic oxidation sites excluding steroid dienone is 1. The lowest BCUT2D eigenvalue weighted by molar-refractivity contribution is 0.101. The van der Waals surface area contributed by atoms with Crippen LogP contribution >= 0.6 is 15.9 Å². The Labute approximate surface area is 177 Å². The zero-order chi connectivity index (χ0) is 20.4. The first kappa shape index (κ1) is 19.3. The molecule has 3 aromatic carbocycles. The van der Waals surface area contributed by atoms with E-state index in [9.17, 15) is 4.79 Å². The minimum Gasteiger partial charge on any atom is -0.497 e. The Morgan fingerprint density at radius 3 is 2.59 bits per heavy atom. The number of hydrogen-bond donors (Lipinski definition) is 0. The lowest BCUT2D eigenvalue weighted by Crippen LogP contribution is -2.00. The van der Waals surface area contributed by atoms with Crippen LogP contribution in [-0.2, 0) is 6.61 Å². The summed E-state index contributed by atoms with van der Waals surface area (Å²) in [4.78, 5) is 12.8. The van der Waals surface area contributed by atoms with E-state index in [1.54, 1.807) is 19.3 Å². The van der Waals surface area contributed by atoms with Crippen molar-refractivity contribution in [3.05, 3.63) is 93.1 Å². The third-order valence-electron chi connectivity index (χ3n) is 4.65. The number of carbonyl (C=O) groups excluding carboxylic acids is 1. The van der Waals surface area contributed by atoms with Gasteiger partial charge in [0.25, 0.3) is 0 Å². The number of Topliss-reactive ketones (excluding diaryl/α,β-unsaturated/α-hetero) is 1. The van der Waals surface area contributed by atoms with Gasteiger partial charge in [-0.3, -0.25) is 4.79 Å². The number of ketones is 1. The average molecular weight is 451 g/mol. The second-order valence-electron chi connectivity index (χ2n) is 6.74. The molecule has 0 fully saturated rings. The molecule has 29 heavy (non-hydrogen) atoms. The van der Waals surface area contributed by atoms with Crippen LogP contribution in [-0.4, -0.2) is 12.9 Å². The van der Waals surface area contributed by atoms with E-state index in [0.29, 0.717) is 29.4 Å². The van der Waals surface area contributed by atoms with E-state index in [4.69, 9.17) is 14.2 Å². The monoisotopic (exact) mass is 450 g/mol. The van der Waals surface area contributed by atoms with Gasteiger partial charge in [0.2, 0.25) is 5.78 Å². The molecule has 0 amide bonds. The van der Waals surface area contributed by atoms with Crippen molar-refractivity contribution in [2.75, 3.05) is 7.11 Å². The fraction of sp³-hybridized carbons (Fsp3) is 0.125. The molecule has 3 aromatic rings. The van der Waals surface area contributed by atoms with E-state index in [-0.39, 0.29) is 5.78 Å². The van der Waals surface area contributed by atoms with Gasteiger partial charge in [-0.05, 0) is 60.0 Å². The highest BCUT2D eigenvalue weighted by atomic mass is 79.9. The fourth-order valence-corrected chi connectivity index (χ4v) is 3.46. The Hall–Kier alpha value is -3.05. The standard InChI is InChI=1S/C24H19BrO4/c1-15-10-20(28-14-17-4-3-5-19(11-17)27-2)13-21-23(15)24(26)22(29-21)12-16-6-8-18(25)9-7-16/h3-13H,14H2,1-2H3/b22-12-. The molecule has 1 heterocycles. The van der Waals surface area contributed by atoms with E-state index >= 15 is 0 Å². The third-order valence-corrected chi connectivity index (χ3v) is 5.18. The van der Waals surface area contributed by atoms with Crippen LogP contribution in [0.1, 0.15) is 27.0 Å². The number of halogens is 1. The maximum atomic E-state index is 12.8. The first-order valence-corrected chi connectivity index (χ1v) is 9.93. The molecule has 0 bridgehead atoms. The molecule has 5 heteroatoms. The molecule has 1 aliphatic heterocycles. The maximum Gasteiger partial charge on any atom is 0.232 e. The van der Waals surface area contributed by atoms with Crippen molar-refractivity contribution in [1.82, 2.24) is 0 Å². The van der Waals surface area contributed by atoms with Crippen molar-refractivity contribution in [2.45, 2.75) is 13.5 Å². The molecular formula is C24H19BrO4. The van der Waals surface area contributed by atoms with E-state index in [2.05, 4.69) is 15.9 Å². The average Bonchev–Trinajstić information content (AvgIpc) is 3.04. The molecule has 0 saturated carbocycles. The maximum absolute atomic E-state index is 12.8. The van der Waals surface area contributed by atoms with Gasteiger partial charge in [0.05, 0.1) is 12.7 Å². The number of fused-ring (bicyclic) bond motifs is 1. The van der Waals surface area contributed by atoms with Crippen molar-refractivity contribution in [3.8, 4) is 17.2 Å². The van der Waals surface area contributed by atoms with Crippen LogP contribution in [0, 0.1) is 6.92 Å². The largest absolute Gasteiger partial charge is 0.497 e. The topological polar surface area (TPSA) is 44.8 Å². The minimum atomic E-state index is -0.111. The van der Waals surface area contributed by atoms with Crippen LogP contribution in [0.2, 0.25) is 0 Å². The van der Waals surface area contributed by atoms with Gasteiger partial charge in [0.15, 0.2) is 5.76 Å². The molecular weight excluding hydrogens is 432 g/mol. The molecule has 0 aliphatic carbocycles. The molecule has 146 valence electrons. The highest BCUT2D eigenvalue weighted by Crippen LogP contribution is 2.37. The van der Waals surface area contributed by atoms with Crippen molar-refractivity contribution in [1.29, 1.82) is 0 Å². The number of benzene rings is 3. The van der Waals surface area contributed by atoms with E-state index in [0.717, 1.165) is 26.9 Å². The number of aryl methyl sites for hydroxylation is 1. The molecule has 0 radical (unpaired) electrons. The van der Waals surface area contributed by atoms with Crippen LogP contribution in [0.4, 0.5) is 0 Å². The summed E-state index contributed by atoms with van der Waals surface area (Å²) in [6.45, 7) is 2.28. The zero-order valence-corrected chi connectivity index (χ0v) is 17.7. The van der Waals surface area contributed by atoms with E-state index in [1.165, 1.54) is 0 Å². The van der Waals surface area contributed by atoms with Crippen molar-refractivity contribution in [2.24, 2.45) is 0 Å². The summed E-state index contributed by atoms with van der Waals surface area (Å²) in [6, 6.07) is 19.0. The van der Waals surface area contributed by atoms with Gasteiger partial charge in [-0.15, -0.1) is 0 Å². The summed E-state index contributed by atoms with van der Waals surface area (Å²) in [5.41, 5.74) is 3.31. The Morgan fingerprint density at radius 2 is 1.83 bits per heavy atom. The predicted octanol–water partition coefficient (Wildman–Crippen LogP) is 5.96. The molecule has 0 atom stereocenters. The number of rotatable bonds is 5. The lowest BCUT2D eigenvalue weighted by atomic mass is 10.0. The second kappa shape index (κ2) is 8.13. The van der Waals surface area contributed by atoms with Crippen molar-refractivity contribution in [3.63, 3.8) is 0 Å². The highest BCUT2D eigenvalue weighted by Gasteiger charge is 2.30. The van der Waals surface area contributed by atoms with Crippen LogP contribution in [0.3, 0.4) is 0 Å². The first-order valence-electron chi connectivity index (χ1n) is 9.13. The van der Waals surface area contributed by atoms with Crippen LogP contribution in [0.25, 0.3) is 6.08 Å². The number of hydrogen-bond acceptors (Lipinski definition) is 4. The summed E-state index contributed by atoms with van der Waals surface area (Å²) < 4.78 is 18.0. The molecule has 0 saturated heterocycles. The number of methoxy groups -OCH3 is 1. The van der Waals surface area contributed by atoms with Gasteiger partial charge in [-0.1, -0.05) is 40.2 Å². The van der Waals surface area contributed by atoms with E-state index in [1.807, 2.05) is 61.5 Å². The third kappa shape index (κ3) is 4.20. The lowest BCUT2D eigenvalue weighted by Gasteiger charge is -2.10. The van der Waals surface area contributed by atoms with Gasteiger partial charge in [-0.2, -0.15) is 0 Å². The Morgan fingerprint density at radius 1 is 1.03 bits per heavy atom. The summed E-state index contributed by atoms with van der Waals surface area (Å²) in [6.07, 6.45) is 1.75. The summed E-state index contributed by atoms with van der Waals surface area (Å²) >= 11 is 3.41. The first-order chi connectivity index (χ1) is 14.0. The van der Waals surface area contributed by atoms with Crippen LogP contribution in [0.5, 0.6) is 17.2 Å². The second-order valence-corrected chi connectivity index (χ2v) is 7.66. The molecule has 4 rings (SSSR count). The van der Waals surface area contributed by atoms with Gasteiger partial charge in [-0.25, -0.2) is 0 Å². The summed E-state index contributed by atoms with van der Waals surface area (Å²) in [5, 5.41) is 0. The van der Waals surface area contributed by atoms with Gasteiger partial charge >= 0.3 is 0 Å². The summed E-state index contributed by atoms with van der Waals surface area (Å²) in [5.74, 6) is 2.17. The van der Waals surface area contributed by atoms with E-state index < -0.39 is 0 Å². The molecule has 0 N–H and O–H groups in total. The molecule has 0 unspecified atom stereocenters. The number of ether oxygens (including phenoxy) is 3.